The zero-order valence-electron chi connectivity index (χ0n) is 16.0. The molecule has 0 fully saturated rings. The number of fused-ring (bicyclic) bond motifs is 1. The van der Waals surface area contributed by atoms with Gasteiger partial charge in [-0.1, -0.05) is 43.3 Å². The largest absolute Gasteiger partial charge is 0.388 e. The molecule has 4 heteroatoms. The van der Waals surface area contributed by atoms with Crippen LogP contribution in [0.2, 0.25) is 0 Å². The molecule has 3 nitrogen and oxygen atoms in total. The molecule has 0 saturated heterocycles. The summed E-state index contributed by atoms with van der Waals surface area (Å²) in [7, 11) is 0. The van der Waals surface area contributed by atoms with E-state index in [9.17, 15) is 9.50 Å². The first-order valence-corrected chi connectivity index (χ1v) is 9.89. The molecule has 146 valence electrons. The molecule has 1 aromatic heterocycles. The van der Waals surface area contributed by atoms with Gasteiger partial charge in [-0.3, -0.25) is 0 Å². The number of benzene rings is 2. The topological polar surface area (TPSA) is 45.2 Å². The van der Waals surface area contributed by atoms with E-state index in [0.717, 1.165) is 30.7 Å². The fourth-order valence-corrected chi connectivity index (χ4v) is 4.36. The van der Waals surface area contributed by atoms with Crippen molar-refractivity contribution in [1.82, 2.24) is 4.98 Å². The zero-order chi connectivity index (χ0) is 19.5. The van der Waals surface area contributed by atoms with E-state index >= 15 is 0 Å². The zero-order valence-corrected chi connectivity index (χ0v) is 16.0. The Labute approximate surface area is 165 Å². The first-order chi connectivity index (χ1) is 13.6. The quantitative estimate of drug-likeness (QED) is 0.609. The number of aromatic amines is 1. The van der Waals surface area contributed by atoms with Crippen LogP contribution in [0.3, 0.4) is 0 Å². The number of hydrogen-bond acceptors (Lipinski definition) is 2. The third-order valence-electron chi connectivity index (χ3n) is 5.82. The Balaban J connectivity index is 1.60. The summed E-state index contributed by atoms with van der Waals surface area (Å²) in [4.78, 5) is 3.26. The van der Waals surface area contributed by atoms with Crippen LogP contribution in [0.15, 0.2) is 66.9 Å². The molecule has 0 spiro atoms. The van der Waals surface area contributed by atoms with Gasteiger partial charge in [0.1, 0.15) is 5.82 Å². The lowest BCUT2D eigenvalue weighted by molar-refractivity contribution is 0.0151. The molecule has 0 saturated carbocycles. The number of aromatic nitrogens is 1. The fourth-order valence-electron chi connectivity index (χ4n) is 4.36. The third kappa shape index (κ3) is 3.89. The minimum atomic E-state index is -0.729. The van der Waals surface area contributed by atoms with Gasteiger partial charge >= 0.3 is 0 Å². The number of hydrogen-bond donors (Lipinski definition) is 2. The average Bonchev–Trinajstić information content (AvgIpc) is 3.23. The van der Waals surface area contributed by atoms with E-state index in [0.29, 0.717) is 0 Å². The highest BCUT2D eigenvalue weighted by molar-refractivity contribution is 5.31. The second-order valence-electron chi connectivity index (χ2n) is 7.67. The molecular formula is C24H26FNO2. The highest BCUT2D eigenvalue weighted by atomic mass is 19.1. The summed E-state index contributed by atoms with van der Waals surface area (Å²) >= 11 is 0. The van der Waals surface area contributed by atoms with Crippen LogP contribution in [0.5, 0.6) is 0 Å². The van der Waals surface area contributed by atoms with E-state index in [1.165, 1.54) is 23.3 Å². The van der Waals surface area contributed by atoms with Gasteiger partial charge in [-0.15, -0.1) is 0 Å². The molecule has 1 aliphatic rings. The van der Waals surface area contributed by atoms with E-state index in [4.69, 9.17) is 4.74 Å². The maximum absolute atomic E-state index is 13.3. The summed E-state index contributed by atoms with van der Waals surface area (Å²) in [5.74, 6) is -0.291. The number of aliphatic hydroxyl groups excluding tert-OH is 1. The number of ether oxygens (including phenoxy) is 1. The van der Waals surface area contributed by atoms with Crippen molar-refractivity contribution >= 4 is 0 Å². The van der Waals surface area contributed by atoms with Gasteiger partial charge in [0, 0.05) is 17.8 Å². The second-order valence-corrected chi connectivity index (χ2v) is 7.67. The normalized spacial score (nSPS) is 19.6. The summed E-state index contributed by atoms with van der Waals surface area (Å²) in [6.07, 6.45) is 2.92. The Morgan fingerprint density at radius 2 is 1.89 bits per heavy atom. The van der Waals surface area contributed by atoms with Gasteiger partial charge in [-0.05, 0) is 59.7 Å². The van der Waals surface area contributed by atoms with E-state index in [1.54, 1.807) is 12.1 Å². The second kappa shape index (κ2) is 8.29. The maximum Gasteiger partial charge on any atom is 0.123 e. The number of halogens is 1. The number of H-pyrrole nitrogens is 1. The van der Waals surface area contributed by atoms with Crippen LogP contribution in [0.1, 0.15) is 53.9 Å². The minimum absolute atomic E-state index is 0.0258. The fraction of sp³-hybridized carbons (Fsp3) is 0.333. The van der Waals surface area contributed by atoms with Crippen LogP contribution < -0.4 is 0 Å². The molecule has 0 bridgehead atoms. The minimum Gasteiger partial charge on any atom is -0.388 e. The highest BCUT2D eigenvalue weighted by Gasteiger charge is 2.32. The number of nitrogens with one attached hydrogen (secondary N) is 1. The molecule has 4 atom stereocenters. The number of aliphatic hydroxyl groups is 1. The molecule has 0 radical (unpaired) electrons. The van der Waals surface area contributed by atoms with Gasteiger partial charge in [0.15, 0.2) is 0 Å². The Hall–Kier alpha value is -2.43. The predicted molar refractivity (Wildman–Crippen MR) is 108 cm³/mol. The first-order valence-electron chi connectivity index (χ1n) is 9.89. The Kier molecular flexibility index (Phi) is 5.60. The van der Waals surface area contributed by atoms with Gasteiger partial charge in [0.2, 0.25) is 0 Å². The van der Waals surface area contributed by atoms with E-state index < -0.39 is 6.10 Å². The molecule has 28 heavy (non-hydrogen) atoms. The molecule has 0 amide bonds. The van der Waals surface area contributed by atoms with Crippen molar-refractivity contribution in [2.45, 2.75) is 37.9 Å². The van der Waals surface area contributed by atoms with Crippen molar-refractivity contribution in [2.75, 3.05) is 6.61 Å². The van der Waals surface area contributed by atoms with Crippen LogP contribution in [0.4, 0.5) is 4.39 Å². The lowest BCUT2D eigenvalue weighted by Gasteiger charge is -2.33. The smallest absolute Gasteiger partial charge is 0.123 e. The van der Waals surface area contributed by atoms with Crippen LogP contribution in [-0.4, -0.2) is 16.7 Å². The molecule has 4 rings (SSSR count). The van der Waals surface area contributed by atoms with Crippen molar-refractivity contribution in [3.63, 3.8) is 0 Å². The van der Waals surface area contributed by atoms with Gasteiger partial charge in [-0.2, -0.15) is 0 Å². The Morgan fingerprint density at radius 3 is 2.64 bits per heavy atom. The van der Waals surface area contributed by atoms with Crippen LogP contribution >= 0.6 is 0 Å². The molecule has 2 N–H and O–H groups in total. The highest BCUT2D eigenvalue weighted by Crippen LogP contribution is 2.42. The van der Waals surface area contributed by atoms with Crippen molar-refractivity contribution in [2.24, 2.45) is 5.92 Å². The van der Waals surface area contributed by atoms with Crippen molar-refractivity contribution < 1.29 is 14.2 Å². The molecule has 3 aromatic rings. The van der Waals surface area contributed by atoms with E-state index in [-0.39, 0.29) is 23.8 Å². The summed E-state index contributed by atoms with van der Waals surface area (Å²) in [6.45, 7) is 2.88. The van der Waals surface area contributed by atoms with Crippen LogP contribution in [-0.2, 0) is 11.2 Å². The Morgan fingerprint density at radius 1 is 1.11 bits per heavy atom. The van der Waals surface area contributed by atoms with Crippen molar-refractivity contribution in [3.8, 4) is 0 Å². The standard InChI is InChI=1S/C24H26FNO2/c1-16(15-22-20-6-3-2-5-17(20)12-14-28-22)23(21-7-4-13-26-21)24(27)18-8-10-19(25)11-9-18/h2-11,13,16,22-24,26-27H,12,14-15H2,1H3. The van der Waals surface area contributed by atoms with E-state index in [1.807, 2.05) is 18.3 Å². The summed E-state index contributed by atoms with van der Waals surface area (Å²) < 4.78 is 19.4. The molecule has 0 aliphatic carbocycles. The van der Waals surface area contributed by atoms with Crippen LogP contribution in [0.25, 0.3) is 0 Å². The lowest BCUT2D eigenvalue weighted by Crippen LogP contribution is -2.24. The summed E-state index contributed by atoms with van der Waals surface area (Å²) in [5.41, 5.74) is 4.30. The average molecular weight is 379 g/mol. The lowest BCUT2D eigenvalue weighted by atomic mass is 9.79. The third-order valence-corrected chi connectivity index (χ3v) is 5.82. The number of rotatable bonds is 6. The first kappa shape index (κ1) is 18.9. The SMILES string of the molecule is CC(CC1OCCc2ccccc21)C(c1ccc[nH]1)C(O)c1ccc(F)cc1. The summed E-state index contributed by atoms with van der Waals surface area (Å²) in [5, 5.41) is 11.2. The molecule has 1 aliphatic heterocycles. The van der Waals surface area contributed by atoms with E-state index in [2.05, 4.69) is 36.2 Å². The monoisotopic (exact) mass is 379 g/mol. The molecule has 4 unspecified atom stereocenters. The van der Waals surface area contributed by atoms with Gasteiger partial charge in [0.25, 0.3) is 0 Å². The van der Waals surface area contributed by atoms with Crippen molar-refractivity contribution in [3.05, 3.63) is 95.1 Å². The predicted octanol–water partition coefficient (Wildman–Crippen LogP) is 5.31. The maximum atomic E-state index is 13.3. The van der Waals surface area contributed by atoms with Gasteiger partial charge in [-0.25, -0.2) is 4.39 Å². The van der Waals surface area contributed by atoms with Gasteiger partial charge < -0.3 is 14.8 Å². The van der Waals surface area contributed by atoms with Crippen LogP contribution in [0, 0.1) is 11.7 Å². The van der Waals surface area contributed by atoms with Crippen molar-refractivity contribution in [1.29, 1.82) is 0 Å². The Bertz CT molecular complexity index is 891. The molecule has 2 aromatic carbocycles. The molecule has 2 heterocycles. The van der Waals surface area contributed by atoms with Gasteiger partial charge in [0.05, 0.1) is 18.8 Å². The molecular weight excluding hydrogens is 353 g/mol. The summed E-state index contributed by atoms with van der Waals surface area (Å²) in [6, 6.07) is 18.5.